The largest absolute Gasteiger partial charge is 0.334 e. The van der Waals surface area contributed by atoms with Gasteiger partial charge in [-0.05, 0) is 32.4 Å². The first-order valence-corrected chi connectivity index (χ1v) is 8.24. The molecule has 0 saturated heterocycles. The van der Waals surface area contributed by atoms with E-state index >= 15 is 0 Å². The summed E-state index contributed by atoms with van der Waals surface area (Å²) in [7, 11) is -3.72. The van der Waals surface area contributed by atoms with E-state index in [0.717, 1.165) is 5.56 Å². The Morgan fingerprint density at radius 3 is 2.62 bits per heavy atom. The predicted molar refractivity (Wildman–Crippen MR) is 82.5 cm³/mol. The molecule has 0 aliphatic rings. The number of benzene rings is 1. The smallest absolute Gasteiger partial charge is 0.280 e. The molecule has 0 amide bonds. The van der Waals surface area contributed by atoms with E-state index in [0.29, 0.717) is 18.1 Å². The highest BCUT2D eigenvalue weighted by Gasteiger charge is 2.20. The van der Waals surface area contributed by atoms with Gasteiger partial charge in [-0.2, -0.15) is 8.42 Å². The molecule has 3 N–H and O–H groups in total. The zero-order valence-electron chi connectivity index (χ0n) is 12.4. The van der Waals surface area contributed by atoms with E-state index in [1.165, 1.54) is 6.20 Å². The third-order valence-corrected chi connectivity index (χ3v) is 4.50. The second kappa shape index (κ2) is 5.87. The lowest BCUT2D eigenvalue weighted by molar-refractivity contribution is 0.597. The first-order valence-electron chi connectivity index (χ1n) is 6.76. The number of aromatic nitrogens is 2. The van der Waals surface area contributed by atoms with Crippen LogP contribution >= 0.6 is 0 Å². The summed E-state index contributed by atoms with van der Waals surface area (Å²) in [5, 5.41) is 0.0151. The Morgan fingerprint density at radius 2 is 2.05 bits per heavy atom. The Balaban J connectivity index is 2.37. The van der Waals surface area contributed by atoms with Crippen molar-refractivity contribution in [2.75, 3.05) is 4.72 Å². The zero-order chi connectivity index (χ0) is 15.6. The molecule has 1 aromatic heterocycles. The molecule has 0 aliphatic carbocycles. The number of nitrogens with zero attached hydrogens (tertiary/aromatic N) is 2. The molecule has 1 atom stereocenters. The number of nitrogens with two attached hydrogens (primary N) is 1. The minimum Gasteiger partial charge on any atom is -0.334 e. The van der Waals surface area contributed by atoms with E-state index in [1.807, 2.05) is 19.9 Å². The van der Waals surface area contributed by atoms with Gasteiger partial charge < -0.3 is 10.3 Å². The van der Waals surface area contributed by atoms with Crippen LogP contribution in [0.2, 0.25) is 0 Å². The number of hydrogen-bond acceptors (Lipinski definition) is 4. The average molecular weight is 308 g/mol. The lowest BCUT2D eigenvalue weighted by atomic mass is 10.1. The summed E-state index contributed by atoms with van der Waals surface area (Å²) in [4.78, 5) is 4.11. The van der Waals surface area contributed by atoms with Gasteiger partial charge in [-0.25, -0.2) is 4.98 Å². The number of sulfonamides is 1. The molecule has 1 aromatic carbocycles. The minimum absolute atomic E-state index is 0.0151. The van der Waals surface area contributed by atoms with Crippen LogP contribution in [0.25, 0.3) is 0 Å². The number of aryl methyl sites for hydroxylation is 2. The van der Waals surface area contributed by atoms with Crippen molar-refractivity contribution in [2.45, 2.75) is 38.4 Å². The molecule has 1 heterocycles. The fourth-order valence-corrected chi connectivity index (χ4v) is 3.21. The molecule has 0 aliphatic heterocycles. The van der Waals surface area contributed by atoms with Crippen molar-refractivity contribution in [3.8, 4) is 0 Å². The predicted octanol–water partition coefficient (Wildman–Crippen LogP) is 2.03. The van der Waals surface area contributed by atoms with Crippen molar-refractivity contribution in [3.63, 3.8) is 0 Å². The second-order valence-corrected chi connectivity index (χ2v) is 6.52. The Morgan fingerprint density at radius 1 is 1.38 bits per heavy atom. The molecular weight excluding hydrogens is 288 g/mol. The fourth-order valence-electron chi connectivity index (χ4n) is 2.11. The molecule has 21 heavy (non-hydrogen) atoms. The van der Waals surface area contributed by atoms with Crippen molar-refractivity contribution < 1.29 is 8.42 Å². The van der Waals surface area contributed by atoms with Crippen LogP contribution in [0.15, 0.2) is 35.5 Å². The van der Waals surface area contributed by atoms with E-state index < -0.39 is 10.0 Å². The van der Waals surface area contributed by atoms with Crippen LogP contribution in [0.4, 0.5) is 5.69 Å². The molecule has 0 radical (unpaired) electrons. The highest BCUT2D eigenvalue weighted by molar-refractivity contribution is 7.92. The Bertz CT molecular complexity index is 735. The first kappa shape index (κ1) is 15.5. The van der Waals surface area contributed by atoms with Crippen LogP contribution in [0.5, 0.6) is 0 Å². The van der Waals surface area contributed by atoms with E-state index in [2.05, 4.69) is 9.71 Å². The number of anilines is 1. The second-order valence-electron chi connectivity index (χ2n) is 4.89. The van der Waals surface area contributed by atoms with Gasteiger partial charge >= 0.3 is 0 Å². The monoisotopic (exact) mass is 308 g/mol. The Kier molecular flexibility index (Phi) is 4.34. The molecule has 0 spiro atoms. The number of imidazole rings is 1. The number of para-hydroxylation sites is 1. The van der Waals surface area contributed by atoms with Crippen LogP contribution < -0.4 is 10.5 Å². The molecule has 114 valence electrons. The standard InChI is InChI=1S/C14H20N4O2S/c1-4-18-9-14(16-11(18)3)21(19,20)17-13-8-6-5-7-12(13)10(2)15/h5-10,17H,4,15H2,1-3H3. The minimum atomic E-state index is -3.72. The molecule has 0 saturated carbocycles. The highest BCUT2D eigenvalue weighted by atomic mass is 32.2. The first-order chi connectivity index (χ1) is 9.85. The van der Waals surface area contributed by atoms with Gasteiger partial charge in [0.1, 0.15) is 5.82 Å². The molecule has 0 fully saturated rings. The highest BCUT2D eigenvalue weighted by Crippen LogP contribution is 2.23. The summed E-state index contributed by atoms with van der Waals surface area (Å²) in [6.45, 7) is 6.19. The molecule has 7 heteroatoms. The van der Waals surface area contributed by atoms with Gasteiger partial charge in [-0.1, -0.05) is 18.2 Å². The summed E-state index contributed by atoms with van der Waals surface area (Å²) in [6.07, 6.45) is 1.53. The van der Waals surface area contributed by atoms with Gasteiger partial charge in [-0.15, -0.1) is 0 Å². The maximum absolute atomic E-state index is 12.4. The van der Waals surface area contributed by atoms with Gasteiger partial charge in [0.2, 0.25) is 0 Å². The molecule has 2 aromatic rings. The normalized spacial score (nSPS) is 13.1. The molecule has 1 unspecified atom stereocenters. The maximum atomic E-state index is 12.4. The van der Waals surface area contributed by atoms with Crippen LogP contribution in [-0.2, 0) is 16.6 Å². The van der Waals surface area contributed by atoms with E-state index in [4.69, 9.17) is 5.73 Å². The van der Waals surface area contributed by atoms with Gasteiger partial charge in [-0.3, -0.25) is 4.72 Å². The molecule has 6 nitrogen and oxygen atoms in total. The third kappa shape index (κ3) is 3.25. The fraction of sp³-hybridized carbons (Fsp3) is 0.357. The van der Waals surface area contributed by atoms with Crippen LogP contribution in [0, 0.1) is 6.92 Å². The summed E-state index contributed by atoms with van der Waals surface area (Å²) in [5.41, 5.74) is 7.09. The topological polar surface area (TPSA) is 90.0 Å². The lowest BCUT2D eigenvalue weighted by Crippen LogP contribution is -2.16. The van der Waals surface area contributed by atoms with Crippen LogP contribution in [0.3, 0.4) is 0 Å². The third-order valence-electron chi connectivity index (χ3n) is 3.27. The lowest BCUT2D eigenvalue weighted by Gasteiger charge is -2.13. The SMILES string of the molecule is CCn1cc(S(=O)(=O)Nc2ccccc2C(C)N)nc1C. The van der Waals surface area contributed by atoms with E-state index in [1.54, 1.807) is 29.7 Å². The Labute approximate surface area is 125 Å². The molecule has 2 rings (SSSR count). The van der Waals surface area contributed by atoms with Gasteiger partial charge in [0.15, 0.2) is 5.03 Å². The van der Waals surface area contributed by atoms with E-state index in [-0.39, 0.29) is 11.1 Å². The van der Waals surface area contributed by atoms with Crippen molar-refractivity contribution in [1.82, 2.24) is 9.55 Å². The molecular formula is C14H20N4O2S. The van der Waals surface area contributed by atoms with E-state index in [9.17, 15) is 8.42 Å². The summed E-state index contributed by atoms with van der Waals surface area (Å²) < 4.78 is 29.2. The average Bonchev–Trinajstić information content (AvgIpc) is 2.81. The van der Waals surface area contributed by atoms with Gasteiger partial charge in [0, 0.05) is 18.8 Å². The number of rotatable bonds is 5. The number of nitrogens with one attached hydrogen (secondary N) is 1. The Hall–Kier alpha value is -1.86. The summed E-state index contributed by atoms with van der Waals surface area (Å²) >= 11 is 0. The molecule has 0 bridgehead atoms. The number of hydrogen-bond donors (Lipinski definition) is 2. The van der Waals surface area contributed by atoms with Crippen LogP contribution in [-0.4, -0.2) is 18.0 Å². The van der Waals surface area contributed by atoms with Crippen molar-refractivity contribution in [1.29, 1.82) is 0 Å². The van der Waals surface area contributed by atoms with Crippen molar-refractivity contribution in [2.24, 2.45) is 5.73 Å². The van der Waals surface area contributed by atoms with Gasteiger partial charge in [0.25, 0.3) is 10.0 Å². The van der Waals surface area contributed by atoms with Crippen molar-refractivity contribution in [3.05, 3.63) is 41.9 Å². The maximum Gasteiger partial charge on any atom is 0.280 e. The quantitative estimate of drug-likeness (QED) is 0.884. The van der Waals surface area contributed by atoms with Crippen molar-refractivity contribution >= 4 is 15.7 Å². The van der Waals surface area contributed by atoms with Crippen LogP contribution in [0.1, 0.15) is 31.3 Å². The summed E-state index contributed by atoms with van der Waals surface area (Å²) in [5.74, 6) is 0.665. The van der Waals surface area contributed by atoms with Gasteiger partial charge in [0.05, 0.1) is 5.69 Å². The zero-order valence-corrected chi connectivity index (χ0v) is 13.2. The summed E-state index contributed by atoms with van der Waals surface area (Å²) in [6, 6.07) is 6.82.